The van der Waals surface area contributed by atoms with Gasteiger partial charge in [-0.1, -0.05) is 23.7 Å². The van der Waals surface area contributed by atoms with Gasteiger partial charge < -0.3 is 15.5 Å². The molecule has 0 saturated carbocycles. The first kappa shape index (κ1) is 17.8. The van der Waals surface area contributed by atoms with Gasteiger partial charge in [0, 0.05) is 31.0 Å². The predicted molar refractivity (Wildman–Crippen MR) is 100 cm³/mol. The van der Waals surface area contributed by atoms with E-state index in [0.717, 1.165) is 16.9 Å². The first-order valence-electron chi connectivity index (χ1n) is 7.55. The summed E-state index contributed by atoms with van der Waals surface area (Å²) in [6.45, 7) is 3.81. The molecule has 24 heavy (non-hydrogen) atoms. The topological polar surface area (TPSA) is 57.3 Å². The minimum atomic E-state index is -0.0853. The normalized spacial score (nSPS) is 10.7. The number of allylic oxidation sites excluding steroid dienone is 1. The van der Waals surface area contributed by atoms with Crippen LogP contribution in [0.5, 0.6) is 0 Å². The van der Waals surface area contributed by atoms with Gasteiger partial charge >= 0.3 is 0 Å². The van der Waals surface area contributed by atoms with Crippen LogP contribution in [-0.4, -0.2) is 29.9 Å². The molecule has 0 atom stereocenters. The van der Waals surface area contributed by atoms with Crippen LogP contribution in [0.1, 0.15) is 22.8 Å². The Balaban J connectivity index is 2.47. The van der Waals surface area contributed by atoms with Crippen molar-refractivity contribution in [3.05, 3.63) is 58.9 Å². The van der Waals surface area contributed by atoms with Gasteiger partial charge in [-0.3, -0.25) is 4.79 Å². The number of hydrogen-bond donors (Lipinski definition) is 2. The molecule has 2 N–H and O–H groups in total. The fourth-order valence-corrected chi connectivity index (χ4v) is 2.39. The third kappa shape index (κ3) is 4.06. The van der Waals surface area contributed by atoms with E-state index in [-0.39, 0.29) is 5.91 Å². The Kier molecular flexibility index (Phi) is 5.82. The third-order valence-electron chi connectivity index (χ3n) is 3.46. The Morgan fingerprint density at radius 2 is 2.08 bits per heavy atom. The van der Waals surface area contributed by atoms with Gasteiger partial charge in [0.2, 0.25) is 0 Å². The Bertz CT molecular complexity index is 772. The molecule has 0 aliphatic heterocycles. The molecule has 0 spiro atoms. The summed E-state index contributed by atoms with van der Waals surface area (Å²) in [6, 6.07) is 7.39. The zero-order chi connectivity index (χ0) is 17.7. The molecular formula is C18H21ClN4O. The van der Waals surface area contributed by atoms with Crippen molar-refractivity contribution in [2.24, 2.45) is 0 Å². The number of amides is 1. The second-order valence-electron chi connectivity index (χ2n) is 5.50. The van der Waals surface area contributed by atoms with Gasteiger partial charge in [-0.05, 0) is 43.8 Å². The quantitative estimate of drug-likeness (QED) is 0.842. The average Bonchev–Trinajstić information content (AvgIpc) is 2.54. The zero-order valence-electron chi connectivity index (χ0n) is 14.2. The summed E-state index contributed by atoms with van der Waals surface area (Å²) in [5.74, 6) is 0.543. The Morgan fingerprint density at radius 1 is 1.33 bits per heavy atom. The van der Waals surface area contributed by atoms with E-state index in [1.807, 2.05) is 44.2 Å². The summed E-state index contributed by atoms with van der Waals surface area (Å²) >= 11 is 6.03. The van der Waals surface area contributed by atoms with Crippen LogP contribution in [-0.2, 0) is 0 Å². The van der Waals surface area contributed by atoms with Crippen molar-refractivity contribution in [1.82, 2.24) is 9.88 Å². The van der Waals surface area contributed by atoms with Crippen molar-refractivity contribution in [2.75, 3.05) is 24.7 Å². The molecule has 1 heterocycles. The monoisotopic (exact) mass is 344 g/mol. The van der Waals surface area contributed by atoms with E-state index in [1.165, 1.54) is 4.90 Å². The number of anilines is 3. The SMILES string of the molecule is C/C=C/Nc1c(Nc2cccc(Cl)c2)ncc(C(=O)N(C)C)c1C. The summed E-state index contributed by atoms with van der Waals surface area (Å²) in [5.41, 5.74) is 2.96. The van der Waals surface area contributed by atoms with Gasteiger partial charge in [0.25, 0.3) is 5.91 Å². The van der Waals surface area contributed by atoms with Crippen molar-refractivity contribution in [3.63, 3.8) is 0 Å². The minimum absolute atomic E-state index is 0.0853. The number of rotatable bonds is 5. The van der Waals surface area contributed by atoms with Crippen molar-refractivity contribution in [3.8, 4) is 0 Å². The van der Waals surface area contributed by atoms with E-state index in [1.54, 1.807) is 26.5 Å². The fourth-order valence-electron chi connectivity index (χ4n) is 2.20. The highest BCUT2D eigenvalue weighted by atomic mass is 35.5. The molecule has 2 aromatic rings. The number of hydrogen-bond acceptors (Lipinski definition) is 4. The number of carbonyl (C=O) groups is 1. The summed E-state index contributed by atoms with van der Waals surface area (Å²) in [6.07, 6.45) is 5.27. The highest BCUT2D eigenvalue weighted by Crippen LogP contribution is 2.30. The van der Waals surface area contributed by atoms with Crippen LogP contribution in [0, 0.1) is 6.92 Å². The zero-order valence-corrected chi connectivity index (χ0v) is 15.0. The number of benzene rings is 1. The third-order valence-corrected chi connectivity index (χ3v) is 3.69. The minimum Gasteiger partial charge on any atom is -0.359 e. The summed E-state index contributed by atoms with van der Waals surface area (Å²) in [5, 5.41) is 7.07. The molecule has 1 amide bonds. The summed E-state index contributed by atoms with van der Waals surface area (Å²) in [4.78, 5) is 18.3. The van der Waals surface area contributed by atoms with E-state index < -0.39 is 0 Å². The van der Waals surface area contributed by atoms with Crippen molar-refractivity contribution in [2.45, 2.75) is 13.8 Å². The first-order valence-corrected chi connectivity index (χ1v) is 7.93. The summed E-state index contributed by atoms with van der Waals surface area (Å²) in [7, 11) is 3.44. The van der Waals surface area contributed by atoms with Crippen molar-refractivity contribution in [1.29, 1.82) is 0 Å². The molecule has 126 valence electrons. The molecule has 1 aromatic heterocycles. The van der Waals surface area contributed by atoms with Gasteiger partial charge in [-0.2, -0.15) is 0 Å². The van der Waals surface area contributed by atoms with Crippen LogP contribution >= 0.6 is 11.6 Å². The lowest BCUT2D eigenvalue weighted by Gasteiger charge is -2.18. The molecule has 0 fully saturated rings. The molecule has 0 saturated heterocycles. The standard InChI is InChI=1S/C18H21ClN4O/c1-5-9-20-16-12(2)15(18(24)23(3)4)11-21-17(16)22-14-8-6-7-13(19)10-14/h5-11,20H,1-4H3,(H,21,22)/b9-5+. The van der Waals surface area contributed by atoms with E-state index in [2.05, 4.69) is 15.6 Å². The van der Waals surface area contributed by atoms with Gasteiger partial charge in [0.1, 0.15) is 0 Å². The van der Waals surface area contributed by atoms with Crippen LogP contribution < -0.4 is 10.6 Å². The van der Waals surface area contributed by atoms with Crippen LogP contribution in [0.3, 0.4) is 0 Å². The van der Waals surface area contributed by atoms with Crippen molar-refractivity contribution < 1.29 is 4.79 Å². The molecule has 0 radical (unpaired) electrons. The van der Waals surface area contributed by atoms with Gasteiger partial charge in [0.15, 0.2) is 5.82 Å². The lowest BCUT2D eigenvalue weighted by atomic mass is 10.1. The second-order valence-corrected chi connectivity index (χ2v) is 5.94. The molecule has 0 bridgehead atoms. The van der Waals surface area contributed by atoms with Crippen LogP contribution in [0.25, 0.3) is 0 Å². The maximum Gasteiger partial charge on any atom is 0.255 e. The molecule has 2 rings (SSSR count). The Morgan fingerprint density at radius 3 is 2.71 bits per heavy atom. The Hall–Kier alpha value is -2.53. The number of aromatic nitrogens is 1. The molecule has 0 unspecified atom stereocenters. The van der Waals surface area contributed by atoms with Crippen LogP contribution in [0.2, 0.25) is 5.02 Å². The fraction of sp³-hybridized carbons (Fsp3) is 0.222. The van der Waals surface area contributed by atoms with Gasteiger partial charge in [-0.15, -0.1) is 0 Å². The average molecular weight is 345 g/mol. The molecular weight excluding hydrogens is 324 g/mol. The lowest BCUT2D eigenvalue weighted by molar-refractivity contribution is 0.0826. The van der Waals surface area contributed by atoms with Crippen LogP contribution in [0.4, 0.5) is 17.2 Å². The van der Waals surface area contributed by atoms with E-state index in [4.69, 9.17) is 11.6 Å². The highest BCUT2D eigenvalue weighted by Gasteiger charge is 2.17. The number of pyridine rings is 1. The van der Waals surface area contributed by atoms with E-state index in [0.29, 0.717) is 16.4 Å². The number of nitrogens with zero attached hydrogens (tertiary/aromatic N) is 2. The van der Waals surface area contributed by atoms with E-state index in [9.17, 15) is 4.79 Å². The Labute approximate surface area is 147 Å². The number of nitrogens with one attached hydrogen (secondary N) is 2. The van der Waals surface area contributed by atoms with Gasteiger partial charge in [0.05, 0.1) is 11.3 Å². The molecule has 5 nitrogen and oxygen atoms in total. The first-order chi connectivity index (χ1) is 11.4. The lowest BCUT2D eigenvalue weighted by Crippen LogP contribution is -2.23. The predicted octanol–water partition coefficient (Wildman–Crippen LogP) is 4.43. The molecule has 1 aromatic carbocycles. The van der Waals surface area contributed by atoms with Crippen molar-refractivity contribution >= 4 is 34.7 Å². The van der Waals surface area contributed by atoms with Gasteiger partial charge in [-0.25, -0.2) is 4.98 Å². The summed E-state index contributed by atoms with van der Waals surface area (Å²) < 4.78 is 0. The highest BCUT2D eigenvalue weighted by molar-refractivity contribution is 6.30. The smallest absolute Gasteiger partial charge is 0.255 e. The largest absolute Gasteiger partial charge is 0.359 e. The number of halogens is 1. The van der Waals surface area contributed by atoms with E-state index >= 15 is 0 Å². The maximum atomic E-state index is 12.3. The molecule has 0 aliphatic rings. The second kappa shape index (κ2) is 7.84. The molecule has 0 aliphatic carbocycles. The molecule has 6 heteroatoms. The maximum absolute atomic E-state index is 12.3. The number of carbonyl (C=O) groups excluding carboxylic acids is 1. The van der Waals surface area contributed by atoms with Crippen LogP contribution in [0.15, 0.2) is 42.7 Å².